The second-order valence-electron chi connectivity index (χ2n) is 4.00. The fraction of sp³-hybridized carbons (Fsp3) is 0.462. The van der Waals surface area contributed by atoms with Crippen LogP contribution in [-0.4, -0.2) is 30.3 Å². The zero-order valence-electron chi connectivity index (χ0n) is 10.5. The second kappa shape index (κ2) is 6.25. The van der Waals surface area contributed by atoms with E-state index in [1.54, 1.807) is 12.1 Å². The highest BCUT2D eigenvalue weighted by Crippen LogP contribution is 2.17. The lowest BCUT2D eigenvalue weighted by molar-refractivity contribution is 0.0694. The third-order valence-corrected chi connectivity index (χ3v) is 2.40. The molecule has 0 aliphatic carbocycles. The van der Waals surface area contributed by atoms with Crippen LogP contribution in [-0.2, 0) is 4.74 Å². The summed E-state index contributed by atoms with van der Waals surface area (Å²) < 4.78 is 5.30. The van der Waals surface area contributed by atoms with Gasteiger partial charge >= 0.3 is 0 Å². The number of ether oxygens (including phenoxy) is 1. The van der Waals surface area contributed by atoms with Gasteiger partial charge in [0.2, 0.25) is 0 Å². The van der Waals surface area contributed by atoms with Gasteiger partial charge in [0, 0.05) is 13.2 Å². The van der Waals surface area contributed by atoms with Gasteiger partial charge in [0.25, 0.3) is 5.91 Å². The standard InChI is InChI=1S/C13H19NO3/c1-4-17-10(3)8-14-13(16)11-7-9(2)5-6-12(11)15/h5-7,10,15H,4,8H2,1-3H3,(H,14,16). The van der Waals surface area contributed by atoms with Gasteiger partial charge in [-0.1, -0.05) is 11.6 Å². The van der Waals surface area contributed by atoms with Crippen LogP contribution in [0.25, 0.3) is 0 Å². The molecule has 1 aromatic carbocycles. The van der Waals surface area contributed by atoms with E-state index < -0.39 is 0 Å². The molecule has 1 unspecified atom stereocenters. The SMILES string of the molecule is CCOC(C)CNC(=O)c1cc(C)ccc1O. The molecule has 0 heterocycles. The molecule has 0 saturated heterocycles. The lowest BCUT2D eigenvalue weighted by atomic mass is 10.1. The molecule has 0 radical (unpaired) electrons. The molecule has 0 saturated carbocycles. The van der Waals surface area contributed by atoms with Crippen LogP contribution in [0.3, 0.4) is 0 Å². The molecule has 4 nitrogen and oxygen atoms in total. The van der Waals surface area contributed by atoms with E-state index in [0.29, 0.717) is 18.7 Å². The Bertz CT molecular complexity index is 390. The Morgan fingerprint density at radius 2 is 2.24 bits per heavy atom. The number of hydrogen-bond acceptors (Lipinski definition) is 3. The predicted octanol–water partition coefficient (Wildman–Crippen LogP) is 1.86. The number of nitrogens with one attached hydrogen (secondary N) is 1. The van der Waals surface area contributed by atoms with Crippen LogP contribution in [0.5, 0.6) is 5.75 Å². The molecule has 1 amide bonds. The molecule has 1 rings (SSSR count). The highest BCUT2D eigenvalue weighted by Gasteiger charge is 2.12. The highest BCUT2D eigenvalue weighted by atomic mass is 16.5. The monoisotopic (exact) mass is 237 g/mol. The lowest BCUT2D eigenvalue weighted by Crippen LogP contribution is -2.32. The van der Waals surface area contributed by atoms with Crippen molar-refractivity contribution in [2.45, 2.75) is 26.9 Å². The molecule has 0 aliphatic heterocycles. The Morgan fingerprint density at radius 3 is 2.88 bits per heavy atom. The molecule has 1 atom stereocenters. The first-order valence-electron chi connectivity index (χ1n) is 5.74. The summed E-state index contributed by atoms with van der Waals surface area (Å²) in [6.45, 7) is 6.72. The first-order valence-corrected chi connectivity index (χ1v) is 5.74. The second-order valence-corrected chi connectivity index (χ2v) is 4.00. The van der Waals surface area contributed by atoms with Crippen LogP contribution >= 0.6 is 0 Å². The van der Waals surface area contributed by atoms with Gasteiger partial charge in [0.05, 0.1) is 11.7 Å². The number of carbonyl (C=O) groups is 1. The number of phenolic OH excluding ortho intramolecular Hbond substituents is 1. The van der Waals surface area contributed by atoms with Gasteiger partial charge < -0.3 is 15.2 Å². The van der Waals surface area contributed by atoms with Crippen molar-refractivity contribution < 1.29 is 14.6 Å². The number of phenols is 1. The number of benzene rings is 1. The molecule has 0 fully saturated rings. The van der Waals surface area contributed by atoms with Gasteiger partial charge in [-0.2, -0.15) is 0 Å². The summed E-state index contributed by atoms with van der Waals surface area (Å²) in [5.41, 5.74) is 1.24. The maximum Gasteiger partial charge on any atom is 0.255 e. The van der Waals surface area contributed by atoms with Gasteiger partial charge in [0.15, 0.2) is 0 Å². The summed E-state index contributed by atoms with van der Waals surface area (Å²) >= 11 is 0. The van der Waals surface area contributed by atoms with E-state index in [0.717, 1.165) is 5.56 Å². The Balaban J connectivity index is 2.61. The highest BCUT2D eigenvalue weighted by molar-refractivity contribution is 5.96. The summed E-state index contributed by atoms with van der Waals surface area (Å²) in [6, 6.07) is 4.95. The molecule has 0 aromatic heterocycles. The topological polar surface area (TPSA) is 58.6 Å². The molecular weight excluding hydrogens is 218 g/mol. The van der Waals surface area contributed by atoms with E-state index in [2.05, 4.69) is 5.32 Å². The number of hydrogen-bond donors (Lipinski definition) is 2. The number of rotatable bonds is 5. The Kier molecular flexibility index (Phi) is 4.97. The van der Waals surface area contributed by atoms with Crippen molar-refractivity contribution in [1.29, 1.82) is 0 Å². The minimum atomic E-state index is -0.280. The molecule has 2 N–H and O–H groups in total. The Hall–Kier alpha value is -1.55. The van der Waals surface area contributed by atoms with Gasteiger partial charge in [-0.05, 0) is 32.9 Å². The number of aryl methyl sites for hydroxylation is 1. The number of aromatic hydroxyl groups is 1. The molecule has 0 spiro atoms. The predicted molar refractivity (Wildman–Crippen MR) is 66.3 cm³/mol. The van der Waals surface area contributed by atoms with E-state index in [1.165, 1.54) is 6.07 Å². The van der Waals surface area contributed by atoms with Crippen LogP contribution in [0, 0.1) is 6.92 Å². The Labute approximate surface area is 102 Å². The van der Waals surface area contributed by atoms with Crippen LogP contribution in [0.1, 0.15) is 29.8 Å². The minimum Gasteiger partial charge on any atom is -0.507 e. The summed E-state index contributed by atoms with van der Waals surface area (Å²) in [5, 5.41) is 12.3. The zero-order valence-corrected chi connectivity index (χ0v) is 10.5. The molecule has 0 bridgehead atoms. The molecule has 0 aliphatic rings. The smallest absolute Gasteiger partial charge is 0.255 e. The maximum absolute atomic E-state index is 11.8. The minimum absolute atomic E-state index is 0.00263. The fourth-order valence-corrected chi connectivity index (χ4v) is 1.51. The van der Waals surface area contributed by atoms with Crippen molar-refractivity contribution in [1.82, 2.24) is 5.32 Å². The van der Waals surface area contributed by atoms with Gasteiger partial charge in [-0.15, -0.1) is 0 Å². The molecule has 17 heavy (non-hydrogen) atoms. The summed E-state index contributed by atoms with van der Waals surface area (Å²) in [7, 11) is 0. The van der Waals surface area contributed by atoms with Crippen molar-refractivity contribution in [3.8, 4) is 5.75 Å². The van der Waals surface area contributed by atoms with Crippen molar-refractivity contribution in [2.75, 3.05) is 13.2 Å². The third-order valence-electron chi connectivity index (χ3n) is 2.40. The third kappa shape index (κ3) is 4.07. The van der Waals surface area contributed by atoms with Crippen molar-refractivity contribution in [2.24, 2.45) is 0 Å². The largest absolute Gasteiger partial charge is 0.507 e. The van der Waals surface area contributed by atoms with E-state index in [9.17, 15) is 9.90 Å². The van der Waals surface area contributed by atoms with E-state index in [1.807, 2.05) is 20.8 Å². The van der Waals surface area contributed by atoms with Crippen molar-refractivity contribution >= 4 is 5.91 Å². The molecule has 94 valence electrons. The first-order chi connectivity index (χ1) is 8.04. The lowest BCUT2D eigenvalue weighted by Gasteiger charge is -2.13. The molecule has 4 heteroatoms. The number of amides is 1. The number of carbonyl (C=O) groups excluding carboxylic acids is 1. The normalized spacial score (nSPS) is 12.2. The van der Waals surface area contributed by atoms with Gasteiger partial charge in [-0.3, -0.25) is 4.79 Å². The van der Waals surface area contributed by atoms with Crippen LogP contribution in [0.2, 0.25) is 0 Å². The van der Waals surface area contributed by atoms with Crippen LogP contribution in [0.15, 0.2) is 18.2 Å². The van der Waals surface area contributed by atoms with E-state index in [-0.39, 0.29) is 17.8 Å². The quantitative estimate of drug-likeness (QED) is 0.821. The van der Waals surface area contributed by atoms with Crippen LogP contribution < -0.4 is 5.32 Å². The van der Waals surface area contributed by atoms with Crippen molar-refractivity contribution in [3.05, 3.63) is 29.3 Å². The van der Waals surface area contributed by atoms with Crippen LogP contribution in [0.4, 0.5) is 0 Å². The fourth-order valence-electron chi connectivity index (χ4n) is 1.51. The van der Waals surface area contributed by atoms with E-state index >= 15 is 0 Å². The summed E-state index contributed by atoms with van der Waals surface area (Å²) in [4.78, 5) is 11.8. The average molecular weight is 237 g/mol. The first kappa shape index (κ1) is 13.5. The molecule has 1 aromatic rings. The summed E-state index contributed by atoms with van der Waals surface area (Å²) in [5.74, 6) is -0.282. The van der Waals surface area contributed by atoms with Gasteiger partial charge in [0.1, 0.15) is 5.75 Å². The maximum atomic E-state index is 11.8. The summed E-state index contributed by atoms with van der Waals surface area (Å²) in [6.07, 6.45) is -0.0316. The molecular formula is C13H19NO3. The Morgan fingerprint density at radius 1 is 1.53 bits per heavy atom. The average Bonchev–Trinajstić information content (AvgIpc) is 2.29. The van der Waals surface area contributed by atoms with Gasteiger partial charge in [-0.25, -0.2) is 0 Å². The van der Waals surface area contributed by atoms with Crippen molar-refractivity contribution in [3.63, 3.8) is 0 Å². The zero-order chi connectivity index (χ0) is 12.8. The van der Waals surface area contributed by atoms with E-state index in [4.69, 9.17) is 4.74 Å².